The first-order chi connectivity index (χ1) is 13.5. The second-order valence-corrected chi connectivity index (χ2v) is 6.01. The number of nitrogens with zero attached hydrogens (tertiary/aromatic N) is 3. The molecule has 0 unspecified atom stereocenters. The van der Waals surface area contributed by atoms with Crippen LogP contribution in [0.1, 0.15) is 5.56 Å². The first-order valence-electron chi connectivity index (χ1n) is 8.36. The standard InChI is InChI=1S/C20H14F3N5/c21-20(22,23)14-5-7-15(8-6-14)27-19-24-10-9-18(28-19)26-16-11-13-3-1-2-4-17(13)25-12-16/h1-12H,(H2,24,26,27,28). The Bertz CT molecular complexity index is 1110. The summed E-state index contributed by atoms with van der Waals surface area (Å²) in [6, 6.07) is 16.1. The molecular formula is C20H14F3N5. The molecule has 0 aliphatic rings. The Labute approximate surface area is 158 Å². The molecule has 2 aromatic heterocycles. The fraction of sp³-hybridized carbons (Fsp3) is 0.0500. The summed E-state index contributed by atoms with van der Waals surface area (Å²) in [6.45, 7) is 0. The van der Waals surface area contributed by atoms with Crippen LogP contribution in [0.3, 0.4) is 0 Å². The van der Waals surface area contributed by atoms with Crippen molar-refractivity contribution in [2.45, 2.75) is 6.18 Å². The molecule has 0 spiro atoms. The normalized spacial score (nSPS) is 11.4. The van der Waals surface area contributed by atoms with E-state index < -0.39 is 11.7 Å². The molecule has 0 amide bonds. The van der Waals surface area contributed by atoms with Gasteiger partial charge >= 0.3 is 6.18 Å². The van der Waals surface area contributed by atoms with E-state index >= 15 is 0 Å². The average Bonchev–Trinajstić information content (AvgIpc) is 2.68. The zero-order valence-corrected chi connectivity index (χ0v) is 14.4. The minimum atomic E-state index is -4.37. The molecule has 0 aliphatic carbocycles. The monoisotopic (exact) mass is 381 g/mol. The molecular weight excluding hydrogens is 367 g/mol. The van der Waals surface area contributed by atoms with Crippen molar-refractivity contribution in [1.82, 2.24) is 15.0 Å². The maximum absolute atomic E-state index is 12.6. The van der Waals surface area contributed by atoms with E-state index in [2.05, 4.69) is 25.6 Å². The van der Waals surface area contributed by atoms with Crippen molar-refractivity contribution >= 4 is 34.0 Å². The Morgan fingerprint density at radius 3 is 2.36 bits per heavy atom. The predicted octanol–water partition coefficient (Wildman–Crippen LogP) is 5.53. The Kier molecular flexibility index (Phi) is 4.52. The van der Waals surface area contributed by atoms with Gasteiger partial charge in [0.1, 0.15) is 5.82 Å². The summed E-state index contributed by atoms with van der Waals surface area (Å²) < 4.78 is 37.9. The van der Waals surface area contributed by atoms with Gasteiger partial charge in [-0.25, -0.2) is 4.98 Å². The maximum Gasteiger partial charge on any atom is 0.416 e. The maximum atomic E-state index is 12.6. The molecule has 140 valence electrons. The summed E-state index contributed by atoms with van der Waals surface area (Å²) in [6.07, 6.45) is -1.11. The fourth-order valence-electron chi connectivity index (χ4n) is 2.65. The van der Waals surface area contributed by atoms with Crippen molar-refractivity contribution in [3.63, 3.8) is 0 Å². The van der Waals surface area contributed by atoms with E-state index in [0.29, 0.717) is 11.5 Å². The number of aromatic nitrogens is 3. The molecule has 8 heteroatoms. The highest BCUT2D eigenvalue weighted by atomic mass is 19.4. The highest BCUT2D eigenvalue weighted by molar-refractivity contribution is 5.82. The first kappa shape index (κ1) is 17.7. The number of hydrogen-bond donors (Lipinski definition) is 2. The third kappa shape index (κ3) is 4.01. The molecule has 0 radical (unpaired) electrons. The fourth-order valence-corrected chi connectivity index (χ4v) is 2.65. The van der Waals surface area contributed by atoms with Crippen LogP contribution >= 0.6 is 0 Å². The average molecular weight is 381 g/mol. The molecule has 0 saturated carbocycles. The number of pyridine rings is 1. The van der Waals surface area contributed by atoms with Gasteiger partial charge in [-0.3, -0.25) is 4.98 Å². The number of fused-ring (bicyclic) bond motifs is 1. The van der Waals surface area contributed by atoms with Gasteiger partial charge in [-0.05, 0) is 42.5 Å². The van der Waals surface area contributed by atoms with Crippen molar-refractivity contribution in [2.75, 3.05) is 10.6 Å². The van der Waals surface area contributed by atoms with Gasteiger partial charge in [0.15, 0.2) is 0 Å². The number of alkyl halides is 3. The smallest absolute Gasteiger partial charge is 0.339 e. The molecule has 2 heterocycles. The minimum absolute atomic E-state index is 0.263. The predicted molar refractivity (Wildman–Crippen MR) is 102 cm³/mol. The van der Waals surface area contributed by atoms with E-state index in [9.17, 15) is 13.2 Å². The van der Waals surface area contributed by atoms with E-state index in [4.69, 9.17) is 0 Å². The van der Waals surface area contributed by atoms with E-state index in [0.717, 1.165) is 28.7 Å². The zero-order chi connectivity index (χ0) is 19.6. The molecule has 0 saturated heterocycles. The summed E-state index contributed by atoms with van der Waals surface area (Å²) in [5, 5.41) is 7.03. The lowest BCUT2D eigenvalue weighted by atomic mass is 10.2. The summed E-state index contributed by atoms with van der Waals surface area (Å²) in [7, 11) is 0. The van der Waals surface area contributed by atoms with Crippen LogP contribution in [0.2, 0.25) is 0 Å². The van der Waals surface area contributed by atoms with Crippen LogP contribution in [0.25, 0.3) is 10.9 Å². The molecule has 0 aliphatic heterocycles. The molecule has 0 bridgehead atoms. The summed E-state index contributed by atoms with van der Waals surface area (Å²) in [5.74, 6) is 0.792. The largest absolute Gasteiger partial charge is 0.416 e. The lowest BCUT2D eigenvalue weighted by Gasteiger charge is -2.10. The number of hydrogen-bond acceptors (Lipinski definition) is 5. The Hall–Kier alpha value is -3.68. The van der Waals surface area contributed by atoms with Crippen LogP contribution in [0.5, 0.6) is 0 Å². The molecule has 5 nitrogen and oxygen atoms in total. The van der Waals surface area contributed by atoms with Crippen LogP contribution in [0.4, 0.5) is 36.3 Å². The number of nitrogens with one attached hydrogen (secondary N) is 2. The number of anilines is 4. The summed E-state index contributed by atoms with van der Waals surface area (Å²) in [5.41, 5.74) is 1.40. The second kappa shape index (κ2) is 7.15. The van der Waals surface area contributed by atoms with Gasteiger partial charge in [0, 0.05) is 17.3 Å². The van der Waals surface area contributed by atoms with Gasteiger partial charge in [-0.15, -0.1) is 0 Å². The van der Waals surface area contributed by atoms with E-state index in [1.807, 2.05) is 30.3 Å². The Morgan fingerprint density at radius 1 is 0.786 bits per heavy atom. The SMILES string of the molecule is FC(F)(F)c1ccc(Nc2nccc(Nc3cnc4ccccc4c3)n2)cc1. The van der Waals surface area contributed by atoms with Crippen molar-refractivity contribution in [3.05, 3.63) is 78.6 Å². The van der Waals surface area contributed by atoms with Crippen molar-refractivity contribution in [1.29, 1.82) is 0 Å². The van der Waals surface area contributed by atoms with Crippen molar-refractivity contribution in [2.24, 2.45) is 0 Å². The van der Waals surface area contributed by atoms with Gasteiger partial charge in [0.05, 0.1) is 23.0 Å². The lowest BCUT2D eigenvalue weighted by molar-refractivity contribution is -0.137. The lowest BCUT2D eigenvalue weighted by Crippen LogP contribution is -2.05. The van der Waals surface area contributed by atoms with Crippen LogP contribution in [-0.4, -0.2) is 15.0 Å². The third-order valence-corrected chi connectivity index (χ3v) is 3.99. The first-order valence-corrected chi connectivity index (χ1v) is 8.36. The Balaban J connectivity index is 1.50. The number of halogens is 3. The molecule has 2 aromatic carbocycles. The molecule has 0 fully saturated rings. The number of rotatable bonds is 4. The van der Waals surface area contributed by atoms with E-state index in [1.54, 1.807) is 18.5 Å². The minimum Gasteiger partial charge on any atom is -0.339 e. The van der Waals surface area contributed by atoms with Crippen molar-refractivity contribution < 1.29 is 13.2 Å². The van der Waals surface area contributed by atoms with E-state index in [-0.39, 0.29) is 5.95 Å². The molecule has 28 heavy (non-hydrogen) atoms. The third-order valence-electron chi connectivity index (χ3n) is 3.99. The van der Waals surface area contributed by atoms with E-state index in [1.165, 1.54) is 12.1 Å². The van der Waals surface area contributed by atoms with Crippen LogP contribution in [0.15, 0.2) is 73.1 Å². The van der Waals surface area contributed by atoms with Crippen LogP contribution in [0, 0.1) is 0 Å². The van der Waals surface area contributed by atoms with Crippen LogP contribution in [-0.2, 0) is 6.18 Å². The second-order valence-electron chi connectivity index (χ2n) is 6.01. The summed E-state index contributed by atoms with van der Waals surface area (Å²) in [4.78, 5) is 12.8. The van der Waals surface area contributed by atoms with Gasteiger partial charge in [-0.2, -0.15) is 18.2 Å². The van der Waals surface area contributed by atoms with Gasteiger partial charge in [0.25, 0.3) is 0 Å². The number of para-hydroxylation sites is 1. The highest BCUT2D eigenvalue weighted by Crippen LogP contribution is 2.30. The Morgan fingerprint density at radius 2 is 1.57 bits per heavy atom. The highest BCUT2D eigenvalue weighted by Gasteiger charge is 2.29. The topological polar surface area (TPSA) is 62.7 Å². The van der Waals surface area contributed by atoms with Gasteiger partial charge < -0.3 is 10.6 Å². The quantitative estimate of drug-likeness (QED) is 0.487. The van der Waals surface area contributed by atoms with Crippen LogP contribution < -0.4 is 10.6 Å². The number of benzene rings is 2. The van der Waals surface area contributed by atoms with Gasteiger partial charge in [0.2, 0.25) is 5.95 Å². The summed E-state index contributed by atoms with van der Waals surface area (Å²) >= 11 is 0. The molecule has 0 atom stereocenters. The van der Waals surface area contributed by atoms with Gasteiger partial charge in [-0.1, -0.05) is 18.2 Å². The van der Waals surface area contributed by atoms with Crippen molar-refractivity contribution in [3.8, 4) is 0 Å². The molecule has 4 rings (SSSR count). The molecule has 2 N–H and O–H groups in total. The molecule has 4 aromatic rings. The zero-order valence-electron chi connectivity index (χ0n) is 14.4.